The van der Waals surface area contributed by atoms with Crippen LogP contribution in [0.4, 0.5) is 0 Å². The predicted octanol–water partition coefficient (Wildman–Crippen LogP) is 3.74. The van der Waals surface area contributed by atoms with Crippen molar-refractivity contribution in [1.29, 1.82) is 0 Å². The first-order chi connectivity index (χ1) is 12.9. The number of aromatic nitrogens is 3. The zero-order chi connectivity index (χ0) is 19.2. The number of ether oxygens (including phenoxy) is 1. The standard InChI is InChI=1S/C19H18BrN3O3S/c1-3-19(2)8-13-15(10-26-19)27-17-16(13)18(25)23(22-21-17)9-14(24)11-4-6-12(20)7-5-11/h4-7H,3,8-10H2,1-2H3/t19-/m1/s1. The number of hydrogen-bond acceptors (Lipinski definition) is 6. The summed E-state index contributed by atoms with van der Waals surface area (Å²) in [7, 11) is 0. The largest absolute Gasteiger partial charge is 0.369 e. The van der Waals surface area contributed by atoms with Gasteiger partial charge in [-0.05, 0) is 31.0 Å². The van der Waals surface area contributed by atoms with Crippen LogP contribution in [0.25, 0.3) is 10.2 Å². The Morgan fingerprint density at radius 3 is 2.81 bits per heavy atom. The van der Waals surface area contributed by atoms with E-state index in [2.05, 4.69) is 40.1 Å². The maximum absolute atomic E-state index is 13.0. The molecule has 0 aliphatic carbocycles. The first-order valence-electron chi connectivity index (χ1n) is 8.71. The Balaban J connectivity index is 1.72. The van der Waals surface area contributed by atoms with Gasteiger partial charge in [-0.25, -0.2) is 4.68 Å². The van der Waals surface area contributed by atoms with Gasteiger partial charge >= 0.3 is 0 Å². The first-order valence-corrected chi connectivity index (χ1v) is 10.3. The number of fused-ring (bicyclic) bond motifs is 3. The molecule has 0 amide bonds. The van der Waals surface area contributed by atoms with Crippen LogP contribution in [0.3, 0.4) is 0 Å². The number of nitrogens with zero attached hydrogens (tertiary/aromatic N) is 3. The molecule has 8 heteroatoms. The summed E-state index contributed by atoms with van der Waals surface area (Å²) in [5.74, 6) is -0.177. The average Bonchev–Trinajstić information content (AvgIpc) is 3.02. The van der Waals surface area contributed by atoms with Crippen LogP contribution in [0, 0.1) is 0 Å². The normalized spacial score (nSPS) is 19.2. The Morgan fingerprint density at radius 1 is 1.37 bits per heavy atom. The number of Topliss-reactive ketones (excluding diaryl/α,β-unsaturated/α-hetero) is 1. The van der Waals surface area contributed by atoms with E-state index in [4.69, 9.17) is 4.74 Å². The summed E-state index contributed by atoms with van der Waals surface area (Å²) >= 11 is 4.80. The molecule has 27 heavy (non-hydrogen) atoms. The lowest BCUT2D eigenvalue weighted by Gasteiger charge is -2.32. The van der Waals surface area contributed by atoms with Crippen molar-refractivity contribution < 1.29 is 9.53 Å². The first kappa shape index (κ1) is 18.5. The summed E-state index contributed by atoms with van der Waals surface area (Å²) in [5, 5.41) is 8.76. The summed E-state index contributed by atoms with van der Waals surface area (Å²) < 4.78 is 8.03. The molecule has 4 rings (SSSR count). The minimum Gasteiger partial charge on any atom is -0.369 e. The smallest absolute Gasteiger partial charge is 0.279 e. The Morgan fingerprint density at radius 2 is 2.11 bits per heavy atom. The summed E-state index contributed by atoms with van der Waals surface area (Å²) in [4.78, 5) is 27.2. The molecule has 0 fully saturated rings. The van der Waals surface area contributed by atoms with Gasteiger partial charge in [0, 0.05) is 21.3 Å². The molecule has 0 saturated carbocycles. The third-order valence-electron chi connectivity index (χ3n) is 5.07. The van der Waals surface area contributed by atoms with Gasteiger partial charge in [0.2, 0.25) is 0 Å². The molecule has 2 aromatic heterocycles. The molecule has 140 valence electrons. The van der Waals surface area contributed by atoms with E-state index in [1.165, 1.54) is 16.0 Å². The number of carbonyl (C=O) groups is 1. The predicted molar refractivity (Wildman–Crippen MR) is 107 cm³/mol. The molecular formula is C19H18BrN3O3S. The van der Waals surface area contributed by atoms with Gasteiger partial charge in [-0.15, -0.1) is 16.4 Å². The van der Waals surface area contributed by atoms with Gasteiger partial charge in [0.05, 0.1) is 17.6 Å². The third kappa shape index (κ3) is 3.37. The Labute approximate surface area is 168 Å². The zero-order valence-electron chi connectivity index (χ0n) is 15.0. The highest BCUT2D eigenvalue weighted by atomic mass is 79.9. The van der Waals surface area contributed by atoms with Crippen LogP contribution >= 0.6 is 27.3 Å². The Kier molecular flexibility index (Phi) is 4.73. The van der Waals surface area contributed by atoms with Crippen LogP contribution in [-0.4, -0.2) is 26.4 Å². The van der Waals surface area contributed by atoms with Crippen molar-refractivity contribution in [3.05, 3.63) is 55.1 Å². The molecule has 0 radical (unpaired) electrons. The van der Waals surface area contributed by atoms with E-state index in [0.717, 1.165) is 21.3 Å². The molecule has 1 aliphatic rings. The fourth-order valence-corrected chi connectivity index (χ4v) is 4.52. The Hall–Kier alpha value is -1.90. The van der Waals surface area contributed by atoms with Crippen molar-refractivity contribution in [2.75, 3.05) is 0 Å². The number of halogens is 1. The topological polar surface area (TPSA) is 74.1 Å². The van der Waals surface area contributed by atoms with Gasteiger partial charge in [0.25, 0.3) is 5.56 Å². The molecule has 0 N–H and O–H groups in total. The van der Waals surface area contributed by atoms with Crippen molar-refractivity contribution in [2.45, 2.75) is 45.4 Å². The van der Waals surface area contributed by atoms with E-state index in [1.54, 1.807) is 24.3 Å². The van der Waals surface area contributed by atoms with Crippen molar-refractivity contribution in [3.8, 4) is 0 Å². The highest BCUT2D eigenvalue weighted by Crippen LogP contribution is 2.37. The van der Waals surface area contributed by atoms with Gasteiger partial charge < -0.3 is 4.74 Å². The SMILES string of the molecule is CC[C@]1(C)Cc2c(sc3nnn(CC(=O)c4ccc(Br)cc4)c(=O)c23)CO1. The lowest BCUT2D eigenvalue weighted by Crippen LogP contribution is -2.35. The third-order valence-corrected chi connectivity index (χ3v) is 6.69. The van der Waals surface area contributed by atoms with E-state index in [1.807, 2.05) is 0 Å². The summed E-state index contributed by atoms with van der Waals surface area (Å²) in [6, 6.07) is 7.04. The lowest BCUT2D eigenvalue weighted by atomic mass is 9.90. The van der Waals surface area contributed by atoms with Crippen LogP contribution in [0.15, 0.2) is 33.5 Å². The van der Waals surface area contributed by atoms with Crippen molar-refractivity contribution in [3.63, 3.8) is 0 Å². The second-order valence-corrected chi connectivity index (χ2v) is 8.93. The van der Waals surface area contributed by atoms with Gasteiger partial charge in [0.1, 0.15) is 6.54 Å². The lowest BCUT2D eigenvalue weighted by molar-refractivity contribution is -0.0543. The number of hydrogen-bond donors (Lipinski definition) is 0. The Bertz CT molecular complexity index is 1090. The second-order valence-electron chi connectivity index (χ2n) is 6.94. The molecule has 1 aromatic carbocycles. The van der Waals surface area contributed by atoms with E-state index >= 15 is 0 Å². The molecule has 1 aliphatic heterocycles. The fraction of sp³-hybridized carbons (Fsp3) is 0.368. The van der Waals surface area contributed by atoms with Gasteiger partial charge in [-0.3, -0.25) is 9.59 Å². The highest BCUT2D eigenvalue weighted by molar-refractivity contribution is 9.10. The van der Waals surface area contributed by atoms with Crippen molar-refractivity contribution in [2.24, 2.45) is 0 Å². The van der Waals surface area contributed by atoms with E-state index < -0.39 is 0 Å². The minimum absolute atomic E-state index is 0.129. The molecule has 0 bridgehead atoms. The van der Waals surface area contributed by atoms with Crippen LogP contribution in [0.1, 0.15) is 41.1 Å². The van der Waals surface area contributed by atoms with E-state index in [9.17, 15) is 9.59 Å². The molecule has 6 nitrogen and oxygen atoms in total. The highest BCUT2D eigenvalue weighted by Gasteiger charge is 2.33. The van der Waals surface area contributed by atoms with E-state index in [-0.39, 0.29) is 23.5 Å². The van der Waals surface area contributed by atoms with E-state index in [0.29, 0.717) is 28.8 Å². The quantitative estimate of drug-likeness (QED) is 0.569. The van der Waals surface area contributed by atoms with Gasteiger partial charge in [0.15, 0.2) is 10.6 Å². The molecule has 1 atom stereocenters. The number of thiophene rings is 1. The maximum atomic E-state index is 13.0. The summed E-state index contributed by atoms with van der Waals surface area (Å²) in [6.07, 6.45) is 1.53. The zero-order valence-corrected chi connectivity index (χ0v) is 17.4. The molecule has 0 spiro atoms. The molecule has 3 aromatic rings. The van der Waals surface area contributed by atoms with Crippen LogP contribution in [0.5, 0.6) is 0 Å². The average molecular weight is 448 g/mol. The number of ketones is 1. The minimum atomic E-state index is -0.283. The molecule has 0 saturated heterocycles. The molecule has 3 heterocycles. The van der Waals surface area contributed by atoms with Crippen molar-refractivity contribution >= 4 is 43.3 Å². The monoisotopic (exact) mass is 447 g/mol. The molecule has 0 unspecified atom stereocenters. The van der Waals surface area contributed by atoms with Crippen LogP contribution < -0.4 is 5.56 Å². The van der Waals surface area contributed by atoms with Crippen molar-refractivity contribution in [1.82, 2.24) is 15.0 Å². The van der Waals surface area contributed by atoms with Gasteiger partial charge in [-0.2, -0.15) is 0 Å². The summed E-state index contributed by atoms with van der Waals surface area (Å²) in [6.45, 7) is 4.49. The maximum Gasteiger partial charge on any atom is 0.279 e. The number of rotatable bonds is 4. The fourth-order valence-electron chi connectivity index (χ4n) is 3.21. The summed E-state index contributed by atoms with van der Waals surface area (Å²) in [5.41, 5.74) is 0.986. The number of benzene rings is 1. The van der Waals surface area contributed by atoms with Gasteiger partial charge in [-0.1, -0.05) is 40.2 Å². The number of carbonyl (C=O) groups excluding carboxylic acids is 1. The molecular weight excluding hydrogens is 430 g/mol. The second kappa shape index (κ2) is 6.92. The van der Waals surface area contributed by atoms with Crippen LogP contribution in [-0.2, 0) is 24.3 Å². The van der Waals surface area contributed by atoms with Crippen LogP contribution in [0.2, 0.25) is 0 Å².